The molecule has 3 rings (SSSR count). The molecule has 11 amide bonds. The molecule has 28 N–H and O–H groups in total. The Morgan fingerprint density at radius 3 is 1.56 bits per heavy atom. The van der Waals surface area contributed by atoms with Crippen molar-refractivity contribution in [2.45, 2.75) is 191 Å². The summed E-state index contributed by atoms with van der Waals surface area (Å²) in [5.41, 5.74) is 52.2. The number of unbranched alkanes of at least 4 members (excludes halogenated alkanes) is 1. The molecule has 2 aromatic rings. The van der Waals surface area contributed by atoms with Gasteiger partial charge in [0.1, 0.15) is 60.1 Å². The van der Waals surface area contributed by atoms with Crippen LogP contribution in [0.2, 0.25) is 0 Å². The zero-order valence-corrected chi connectivity index (χ0v) is 56.9. The molecule has 544 valence electrons. The summed E-state index contributed by atoms with van der Waals surface area (Å²) in [6, 6.07) is 2.20. The highest BCUT2D eigenvalue weighted by molar-refractivity contribution is 5.99. The van der Waals surface area contributed by atoms with Gasteiger partial charge in [-0.15, -0.1) is 0 Å². The minimum Gasteiger partial charge on any atom is -0.508 e. The highest BCUT2D eigenvalue weighted by Gasteiger charge is 2.41. The summed E-state index contributed by atoms with van der Waals surface area (Å²) >= 11 is 0. The van der Waals surface area contributed by atoms with Crippen molar-refractivity contribution in [1.29, 1.82) is 0 Å². The Labute approximate surface area is 571 Å². The number of amides is 11. The van der Waals surface area contributed by atoms with Crippen LogP contribution >= 0.6 is 0 Å². The van der Waals surface area contributed by atoms with E-state index in [1.165, 1.54) is 24.0 Å². The van der Waals surface area contributed by atoms with Crippen molar-refractivity contribution >= 4 is 82.9 Å². The van der Waals surface area contributed by atoms with Crippen LogP contribution in [0.15, 0.2) is 69.6 Å². The van der Waals surface area contributed by atoms with Crippen LogP contribution in [-0.2, 0) is 65.6 Å². The first-order valence-electron chi connectivity index (χ1n) is 33.2. The quantitative estimate of drug-likeness (QED) is 0.0169. The summed E-state index contributed by atoms with van der Waals surface area (Å²) in [4.78, 5) is 167. The molecule has 0 saturated carbocycles. The summed E-state index contributed by atoms with van der Waals surface area (Å²) < 4.78 is 0. The van der Waals surface area contributed by atoms with Gasteiger partial charge in [0.15, 0.2) is 17.9 Å². The molecule has 1 fully saturated rings. The van der Waals surface area contributed by atoms with E-state index in [1.807, 2.05) is 0 Å². The second kappa shape index (κ2) is 43.3. The summed E-state index contributed by atoms with van der Waals surface area (Å²) in [6.07, 6.45) is 2.49. The van der Waals surface area contributed by atoms with Crippen LogP contribution in [0.4, 0.5) is 0 Å². The first-order valence-corrected chi connectivity index (χ1v) is 33.2. The number of carbonyl (C=O) groups is 11. The maximum absolute atomic E-state index is 14.8. The maximum Gasteiger partial charge on any atom is 0.245 e. The average molecular weight is 1380 g/mol. The number of likely N-dealkylation sites (tertiary alicyclic amines) is 1. The molecule has 11 atom stereocenters. The molecule has 0 radical (unpaired) electrons. The normalized spacial score (nSPS) is 15.6. The molecule has 0 aromatic heterocycles. The molecule has 0 aliphatic carbocycles. The Kier molecular flexibility index (Phi) is 36.4. The molecular formula is C64H106N22O12. The SMILES string of the molecule is CCC(C)C(NC(=O)C(CCCN=C(N)N)NC(=O)C(CCCN=C(N)N)NC(=O)C(CC(C)C)NC(=O)C(Cc1ccccc1)NC(=O)C(C)NC(=O)CNC(=O)C(N)Cc1ccc(O)cc1)C(=O)NC(CCCN=C(N)N)C(=O)N1CCCC1C(=O)NC(CCCCN)C(N)=O. The van der Waals surface area contributed by atoms with Gasteiger partial charge in [-0.3, -0.25) is 67.7 Å². The first-order chi connectivity index (χ1) is 46.4. The van der Waals surface area contributed by atoms with Crippen LogP contribution in [-0.4, -0.2) is 193 Å². The monoisotopic (exact) mass is 1370 g/mol. The Morgan fingerprint density at radius 2 is 1.03 bits per heavy atom. The van der Waals surface area contributed by atoms with Gasteiger partial charge in [0.2, 0.25) is 65.0 Å². The largest absolute Gasteiger partial charge is 0.508 e. The molecule has 98 heavy (non-hydrogen) atoms. The number of primary amides is 1. The minimum atomic E-state index is -1.44. The number of nitrogens with zero attached hydrogens (tertiary/aromatic N) is 4. The van der Waals surface area contributed by atoms with Gasteiger partial charge in [-0.05, 0) is 132 Å². The molecule has 2 aromatic carbocycles. The lowest BCUT2D eigenvalue weighted by atomic mass is 9.96. The van der Waals surface area contributed by atoms with E-state index < -0.39 is 138 Å². The zero-order chi connectivity index (χ0) is 73.0. The third-order valence-corrected chi connectivity index (χ3v) is 16.1. The van der Waals surface area contributed by atoms with Crippen LogP contribution in [0.25, 0.3) is 0 Å². The predicted octanol–water partition coefficient (Wildman–Crippen LogP) is -4.62. The van der Waals surface area contributed by atoms with Crippen LogP contribution in [0.1, 0.15) is 129 Å². The van der Waals surface area contributed by atoms with Gasteiger partial charge in [-0.2, -0.15) is 0 Å². The van der Waals surface area contributed by atoms with E-state index in [2.05, 4.69) is 62.8 Å². The van der Waals surface area contributed by atoms with Crippen molar-refractivity contribution in [1.82, 2.24) is 52.8 Å². The fraction of sp³-hybridized carbons (Fsp3) is 0.594. The first kappa shape index (κ1) is 82.4. The molecule has 1 aliphatic rings. The molecule has 34 nitrogen and oxygen atoms in total. The smallest absolute Gasteiger partial charge is 0.245 e. The number of aliphatic imine (C=N–C) groups is 3. The number of aromatic hydroxyl groups is 1. The number of hydrogen-bond donors (Lipinski definition) is 19. The molecule has 34 heteroatoms. The lowest BCUT2D eigenvalue weighted by molar-refractivity contribution is -0.142. The van der Waals surface area contributed by atoms with Gasteiger partial charge in [0.25, 0.3) is 0 Å². The van der Waals surface area contributed by atoms with E-state index in [1.54, 1.807) is 70.2 Å². The number of guanidine groups is 3. The van der Waals surface area contributed by atoms with Gasteiger partial charge in [-0.25, -0.2) is 0 Å². The van der Waals surface area contributed by atoms with Crippen LogP contribution in [0.3, 0.4) is 0 Å². The summed E-state index contributed by atoms with van der Waals surface area (Å²) in [6.45, 7) is 8.44. The Bertz CT molecular complexity index is 3030. The van der Waals surface area contributed by atoms with Crippen LogP contribution < -0.4 is 99.5 Å². The fourth-order valence-electron chi connectivity index (χ4n) is 10.6. The van der Waals surface area contributed by atoms with E-state index in [0.717, 1.165) is 0 Å². The fourth-order valence-corrected chi connectivity index (χ4v) is 10.6. The number of phenolic OH excluding ortho intramolecular Hbond substituents is 1. The summed E-state index contributed by atoms with van der Waals surface area (Å²) in [5.74, 6) is -9.85. The molecule has 11 unspecified atom stereocenters. The van der Waals surface area contributed by atoms with Gasteiger partial charge >= 0.3 is 0 Å². The third-order valence-electron chi connectivity index (χ3n) is 16.1. The van der Waals surface area contributed by atoms with E-state index >= 15 is 0 Å². The highest BCUT2D eigenvalue weighted by Crippen LogP contribution is 2.22. The highest BCUT2D eigenvalue weighted by atomic mass is 16.3. The van der Waals surface area contributed by atoms with Gasteiger partial charge in [0.05, 0.1) is 12.6 Å². The summed E-state index contributed by atoms with van der Waals surface area (Å²) in [7, 11) is 0. The van der Waals surface area contributed by atoms with E-state index in [-0.39, 0.29) is 126 Å². The molecule has 0 bridgehead atoms. The van der Waals surface area contributed by atoms with Crippen molar-refractivity contribution in [3.05, 3.63) is 65.7 Å². The van der Waals surface area contributed by atoms with Crippen molar-refractivity contribution in [2.75, 3.05) is 39.3 Å². The number of carbonyl (C=O) groups excluding carboxylic acids is 11. The van der Waals surface area contributed by atoms with Gasteiger partial charge in [0, 0.05) is 32.6 Å². The Morgan fingerprint density at radius 1 is 0.541 bits per heavy atom. The maximum atomic E-state index is 14.8. The van der Waals surface area contributed by atoms with E-state index in [4.69, 9.17) is 51.6 Å². The lowest BCUT2D eigenvalue weighted by Crippen LogP contribution is -2.61. The van der Waals surface area contributed by atoms with Gasteiger partial charge < -0.3 is 109 Å². The zero-order valence-electron chi connectivity index (χ0n) is 56.9. The van der Waals surface area contributed by atoms with Crippen LogP contribution in [0, 0.1) is 11.8 Å². The molecule has 1 saturated heterocycles. The topological polar surface area (TPSA) is 591 Å². The second-order valence-corrected chi connectivity index (χ2v) is 24.8. The van der Waals surface area contributed by atoms with Crippen molar-refractivity contribution < 1.29 is 57.8 Å². The molecular weight excluding hydrogens is 1270 g/mol. The van der Waals surface area contributed by atoms with Crippen molar-refractivity contribution in [3.8, 4) is 5.75 Å². The Hall–Kier alpha value is -9.86. The Balaban J connectivity index is 1.94. The lowest BCUT2D eigenvalue weighted by Gasteiger charge is -2.32. The van der Waals surface area contributed by atoms with E-state index in [9.17, 15) is 57.8 Å². The standard InChI is InChI=1S/C64H106N22O12/c1-6-37(4)51(60(97)82-46(21-14-30-76-64(72)73)61(98)86-31-15-22-49(86)59(96)79-43(52(67)89)18-10-11-27-65)85-56(93)45(20-13-29-75-63(70)71)80-55(92)44(19-12-28-74-62(68)69)81-57(94)47(32-36(2)3)84-58(95)48(34-39-16-8-7-9-17-39)83-53(90)38(5)78-50(88)35-77-54(91)42(66)33-40-23-25-41(87)26-24-40/h7-9,16-17,23-26,36-38,42-49,51,87H,6,10-15,18-22,27-35,65-66H2,1-5H3,(H2,67,89)(H,77,91)(H,78,88)(H,79,96)(H,80,92)(H,81,94)(H,82,97)(H,83,90)(H,84,95)(H,85,93)(H4,68,69,74)(H4,70,71,75)(H4,72,73,76). The second-order valence-electron chi connectivity index (χ2n) is 24.8. The summed E-state index contributed by atoms with van der Waals surface area (Å²) in [5, 5.41) is 33.7. The predicted molar refractivity (Wildman–Crippen MR) is 370 cm³/mol. The van der Waals surface area contributed by atoms with Crippen molar-refractivity contribution in [3.63, 3.8) is 0 Å². The number of nitrogens with two attached hydrogens (primary N) is 9. The minimum absolute atomic E-state index is 0.00166. The van der Waals surface area contributed by atoms with Gasteiger partial charge in [-0.1, -0.05) is 76.6 Å². The van der Waals surface area contributed by atoms with Crippen molar-refractivity contribution in [2.24, 2.45) is 78.4 Å². The number of hydrogen-bond acceptors (Lipinski definition) is 17. The van der Waals surface area contributed by atoms with E-state index in [0.29, 0.717) is 43.4 Å². The van der Waals surface area contributed by atoms with Crippen LogP contribution in [0.5, 0.6) is 5.75 Å². The number of nitrogens with one attached hydrogen (secondary N) is 9. The number of rotatable bonds is 44. The molecule has 1 aliphatic heterocycles. The third kappa shape index (κ3) is 30.5. The number of benzene rings is 2. The number of phenols is 1. The molecule has 1 heterocycles. The molecule has 0 spiro atoms. The average Bonchev–Trinajstić information content (AvgIpc) is 1.60.